The second-order valence-electron chi connectivity index (χ2n) is 4.33. The number of hydrogen-bond acceptors (Lipinski definition) is 2. The van der Waals surface area contributed by atoms with Gasteiger partial charge in [-0.15, -0.1) is 0 Å². The van der Waals surface area contributed by atoms with E-state index >= 15 is 0 Å². The normalized spacial score (nSPS) is 10.3. The SMILES string of the molecule is CCCOc1ccc(C(=O)c2ccc(F)c(Br)c2)cc1. The zero-order valence-corrected chi connectivity index (χ0v) is 12.6. The van der Waals surface area contributed by atoms with Crippen LogP contribution in [0.1, 0.15) is 29.3 Å². The van der Waals surface area contributed by atoms with Gasteiger partial charge in [0.05, 0.1) is 11.1 Å². The standard InChI is InChI=1S/C16H14BrFO2/c1-2-9-20-13-6-3-11(4-7-13)16(19)12-5-8-15(18)14(17)10-12/h3-8,10H,2,9H2,1H3. The van der Waals surface area contributed by atoms with Gasteiger partial charge in [0.1, 0.15) is 11.6 Å². The molecule has 2 aromatic carbocycles. The first-order chi connectivity index (χ1) is 9.61. The molecule has 0 unspecified atom stereocenters. The Labute approximate surface area is 125 Å². The molecular weight excluding hydrogens is 323 g/mol. The van der Waals surface area contributed by atoms with E-state index in [1.807, 2.05) is 6.92 Å². The highest BCUT2D eigenvalue weighted by molar-refractivity contribution is 9.10. The molecule has 0 aromatic heterocycles. The van der Waals surface area contributed by atoms with Crippen LogP contribution in [0.3, 0.4) is 0 Å². The van der Waals surface area contributed by atoms with Gasteiger partial charge in [-0.05, 0) is 64.8 Å². The van der Waals surface area contributed by atoms with Gasteiger partial charge in [-0.25, -0.2) is 4.39 Å². The number of ether oxygens (including phenoxy) is 1. The van der Waals surface area contributed by atoms with Gasteiger partial charge in [0, 0.05) is 11.1 Å². The lowest BCUT2D eigenvalue weighted by atomic mass is 10.0. The summed E-state index contributed by atoms with van der Waals surface area (Å²) in [5.74, 6) is 0.210. The molecule has 0 atom stereocenters. The largest absolute Gasteiger partial charge is 0.494 e. The highest BCUT2D eigenvalue weighted by atomic mass is 79.9. The molecule has 0 aliphatic rings. The molecular formula is C16H14BrFO2. The quantitative estimate of drug-likeness (QED) is 0.745. The van der Waals surface area contributed by atoms with E-state index in [-0.39, 0.29) is 16.1 Å². The molecule has 2 aromatic rings. The smallest absolute Gasteiger partial charge is 0.193 e. The van der Waals surface area contributed by atoms with Crippen molar-refractivity contribution in [3.63, 3.8) is 0 Å². The molecule has 0 amide bonds. The van der Waals surface area contributed by atoms with Crippen molar-refractivity contribution in [2.24, 2.45) is 0 Å². The third-order valence-corrected chi connectivity index (χ3v) is 3.38. The summed E-state index contributed by atoms with van der Waals surface area (Å²) in [6, 6.07) is 11.2. The number of halogens is 2. The summed E-state index contributed by atoms with van der Waals surface area (Å²) in [5.41, 5.74) is 0.993. The fourth-order valence-corrected chi connectivity index (χ4v) is 2.11. The van der Waals surface area contributed by atoms with Crippen molar-refractivity contribution in [2.75, 3.05) is 6.61 Å². The molecule has 0 N–H and O–H groups in total. The minimum absolute atomic E-state index is 0.146. The topological polar surface area (TPSA) is 26.3 Å². The van der Waals surface area contributed by atoms with Crippen LogP contribution >= 0.6 is 15.9 Å². The zero-order valence-electron chi connectivity index (χ0n) is 11.0. The summed E-state index contributed by atoms with van der Waals surface area (Å²) in [5, 5.41) is 0. The number of carbonyl (C=O) groups excluding carboxylic acids is 1. The molecule has 0 spiro atoms. The Morgan fingerprint density at radius 1 is 1.15 bits per heavy atom. The molecule has 0 saturated carbocycles. The number of hydrogen-bond donors (Lipinski definition) is 0. The van der Waals surface area contributed by atoms with Gasteiger partial charge < -0.3 is 4.74 Å². The maximum Gasteiger partial charge on any atom is 0.193 e. The van der Waals surface area contributed by atoms with Crippen molar-refractivity contribution in [1.29, 1.82) is 0 Å². The van der Waals surface area contributed by atoms with E-state index in [2.05, 4.69) is 15.9 Å². The zero-order chi connectivity index (χ0) is 14.5. The molecule has 0 aliphatic heterocycles. The molecule has 0 saturated heterocycles. The summed E-state index contributed by atoms with van der Waals surface area (Å²) in [6.07, 6.45) is 0.935. The third kappa shape index (κ3) is 3.45. The van der Waals surface area contributed by atoms with Gasteiger partial charge >= 0.3 is 0 Å². The number of benzene rings is 2. The molecule has 0 heterocycles. The Balaban J connectivity index is 2.18. The van der Waals surface area contributed by atoms with E-state index in [4.69, 9.17) is 4.74 Å². The highest BCUT2D eigenvalue weighted by Crippen LogP contribution is 2.20. The molecule has 104 valence electrons. The first-order valence-electron chi connectivity index (χ1n) is 6.34. The van der Waals surface area contributed by atoms with Crippen molar-refractivity contribution in [3.05, 3.63) is 63.9 Å². The van der Waals surface area contributed by atoms with Crippen LogP contribution in [-0.4, -0.2) is 12.4 Å². The molecule has 2 nitrogen and oxygen atoms in total. The van der Waals surface area contributed by atoms with Crippen molar-refractivity contribution in [1.82, 2.24) is 0 Å². The number of rotatable bonds is 5. The van der Waals surface area contributed by atoms with Gasteiger partial charge in [0.15, 0.2) is 5.78 Å². The lowest BCUT2D eigenvalue weighted by Crippen LogP contribution is -2.02. The van der Waals surface area contributed by atoms with Crippen LogP contribution in [0.15, 0.2) is 46.9 Å². The summed E-state index contributed by atoms with van der Waals surface area (Å²) >= 11 is 3.08. The summed E-state index contributed by atoms with van der Waals surface area (Å²) in [7, 11) is 0. The van der Waals surface area contributed by atoms with Crippen LogP contribution in [0.5, 0.6) is 5.75 Å². The number of carbonyl (C=O) groups is 1. The van der Waals surface area contributed by atoms with Crippen LogP contribution in [0.25, 0.3) is 0 Å². The molecule has 20 heavy (non-hydrogen) atoms. The average Bonchev–Trinajstić information content (AvgIpc) is 2.48. The van der Waals surface area contributed by atoms with Crippen molar-refractivity contribution < 1.29 is 13.9 Å². The minimum Gasteiger partial charge on any atom is -0.494 e. The maximum atomic E-state index is 13.2. The van der Waals surface area contributed by atoms with Gasteiger partial charge in [-0.2, -0.15) is 0 Å². The molecule has 0 bridgehead atoms. The Morgan fingerprint density at radius 3 is 2.40 bits per heavy atom. The first-order valence-corrected chi connectivity index (χ1v) is 7.13. The molecule has 0 fully saturated rings. The van der Waals surface area contributed by atoms with Crippen LogP contribution < -0.4 is 4.74 Å². The fraction of sp³-hybridized carbons (Fsp3) is 0.188. The van der Waals surface area contributed by atoms with Crippen molar-refractivity contribution >= 4 is 21.7 Å². The number of ketones is 1. The van der Waals surface area contributed by atoms with E-state index in [1.165, 1.54) is 18.2 Å². The molecule has 2 rings (SSSR count). The second-order valence-corrected chi connectivity index (χ2v) is 5.19. The lowest BCUT2D eigenvalue weighted by Gasteiger charge is -2.06. The van der Waals surface area contributed by atoms with E-state index in [9.17, 15) is 9.18 Å². The maximum absolute atomic E-state index is 13.2. The highest BCUT2D eigenvalue weighted by Gasteiger charge is 2.11. The Kier molecular flexibility index (Phi) is 4.90. The Hall–Kier alpha value is -1.68. The van der Waals surface area contributed by atoms with E-state index in [0.29, 0.717) is 17.7 Å². The van der Waals surface area contributed by atoms with Crippen molar-refractivity contribution in [3.8, 4) is 5.75 Å². The predicted octanol–water partition coefficient (Wildman–Crippen LogP) is 4.61. The van der Waals surface area contributed by atoms with Crippen LogP contribution in [0, 0.1) is 5.82 Å². The van der Waals surface area contributed by atoms with Crippen LogP contribution in [-0.2, 0) is 0 Å². The van der Waals surface area contributed by atoms with Gasteiger partial charge in [-0.1, -0.05) is 6.92 Å². The van der Waals surface area contributed by atoms with Gasteiger partial charge in [-0.3, -0.25) is 4.79 Å². The second kappa shape index (κ2) is 6.66. The lowest BCUT2D eigenvalue weighted by molar-refractivity contribution is 0.103. The third-order valence-electron chi connectivity index (χ3n) is 2.77. The summed E-state index contributed by atoms with van der Waals surface area (Å²) < 4.78 is 18.9. The van der Waals surface area contributed by atoms with Crippen molar-refractivity contribution in [2.45, 2.75) is 13.3 Å². The fourth-order valence-electron chi connectivity index (χ4n) is 1.73. The molecule has 0 aliphatic carbocycles. The predicted molar refractivity (Wildman–Crippen MR) is 79.8 cm³/mol. The Morgan fingerprint density at radius 2 is 1.80 bits per heavy atom. The van der Waals surface area contributed by atoms with E-state index in [1.54, 1.807) is 24.3 Å². The van der Waals surface area contributed by atoms with Crippen LogP contribution in [0.2, 0.25) is 0 Å². The van der Waals surface area contributed by atoms with E-state index < -0.39 is 0 Å². The monoisotopic (exact) mass is 336 g/mol. The molecule has 4 heteroatoms. The van der Waals surface area contributed by atoms with E-state index in [0.717, 1.165) is 12.2 Å². The van der Waals surface area contributed by atoms with Crippen LogP contribution in [0.4, 0.5) is 4.39 Å². The minimum atomic E-state index is -0.384. The Bertz CT molecular complexity index is 608. The molecule has 0 radical (unpaired) electrons. The van der Waals surface area contributed by atoms with Gasteiger partial charge in [0.2, 0.25) is 0 Å². The summed E-state index contributed by atoms with van der Waals surface area (Å²) in [6.45, 7) is 2.68. The first kappa shape index (κ1) is 14.7. The average molecular weight is 337 g/mol. The summed E-state index contributed by atoms with van der Waals surface area (Å²) in [4.78, 5) is 12.3. The van der Waals surface area contributed by atoms with Gasteiger partial charge in [0.25, 0.3) is 0 Å².